The topological polar surface area (TPSA) is 0 Å². The van der Waals surface area contributed by atoms with E-state index in [9.17, 15) is 13.2 Å². The molecule has 0 bridgehead atoms. The van der Waals surface area contributed by atoms with E-state index in [0.717, 1.165) is 0 Å². The lowest BCUT2D eigenvalue weighted by Gasteiger charge is -1.95. The van der Waals surface area contributed by atoms with Crippen LogP contribution in [0.3, 0.4) is 0 Å². The third-order valence-electron chi connectivity index (χ3n) is 0.596. The molecule has 0 rings (SSSR count). The third kappa shape index (κ3) is 5.51. The molecule has 0 radical (unpaired) electrons. The van der Waals surface area contributed by atoms with Gasteiger partial charge in [-0.05, 0) is 17.5 Å². The van der Waals surface area contributed by atoms with Crippen molar-refractivity contribution >= 4 is 11.6 Å². The Morgan fingerprint density at radius 2 is 1.89 bits per heavy atom. The first-order valence-electron chi connectivity index (χ1n) is 2.20. The highest BCUT2D eigenvalue weighted by Gasteiger charge is 2.10. The van der Waals surface area contributed by atoms with Crippen LogP contribution in [0.1, 0.15) is 6.42 Å². The summed E-state index contributed by atoms with van der Waals surface area (Å²) < 4.78 is 34.4. The van der Waals surface area contributed by atoms with Gasteiger partial charge in [0, 0.05) is 5.38 Å². The highest BCUT2D eigenvalue weighted by atomic mass is 35.5. The minimum absolute atomic E-state index is 0.861. The summed E-state index contributed by atoms with van der Waals surface area (Å²) in [6.45, 7) is 0. The molecular weight excluding hydrogens is 153 g/mol. The van der Waals surface area contributed by atoms with Crippen LogP contribution >= 0.6 is 11.6 Å². The molecule has 0 aromatic carbocycles. The van der Waals surface area contributed by atoms with E-state index in [2.05, 4.69) is 0 Å². The third-order valence-corrected chi connectivity index (χ3v) is 0.705. The van der Waals surface area contributed by atoms with E-state index in [-0.39, 0.29) is 0 Å². The molecule has 0 N–H and O–H groups in total. The van der Waals surface area contributed by atoms with Gasteiger partial charge in [0.25, 0.3) is 0 Å². The van der Waals surface area contributed by atoms with Crippen LogP contribution in [-0.4, -0.2) is 12.6 Å². The molecule has 0 saturated heterocycles. The maximum absolute atomic E-state index is 11.9. The Hall–Kier alpha value is -0.360. The molecule has 1 atom stereocenters. The van der Waals surface area contributed by atoms with Crippen LogP contribution in [0.15, 0.2) is 0 Å². The van der Waals surface area contributed by atoms with Crippen LogP contribution in [0.4, 0.5) is 13.2 Å². The van der Waals surface area contributed by atoms with Crippen molar-refractivity contribution in [3.05, 3.63) is 0 Å². The van der Waals surface area contributed by atoms with Crippen LogP contribution in [0, 0.1) is 11.3 Å². The quantitative estimate of drug-likeness (QED) is 0.538. The molecule has 9 heavy (non-hydrogen) atoms. The molecule has 0 amide bonds. The number of rotatable bonds is 2. The largest absolute Gasteiger partial charge is 0.242 e. The van der Waals surface area contributed by atoms with Gasteiger partial charge in [-0.25, -0.2) is 13.2 Å². The zero-order valence-electron chi connectivity index (χ0n) is 4.37. The van der Waals surface area contributed by atoms with Crippen LogP contribution < -0.4 is 0 Å². The van der Waals surface area contributed by atoms with Gasteiger partial charge in [0.15, 0.2) is 6.17 Å². The summed E-state index contributed by atoms with van der Waals surface area (Å²) in [5, 5.41) is 1.69. The van der Waals surface area contributed by atoms with Crippen LogP contribution in [-0.2, 0) is 0 Å². The van der Waals surface area contributed by atoms with E-state index in [1.54, 1.807) is 11.3 Å². The second-order valence-corrected chi connectivity index (χ2v) is 1.52. The average molecular weight is 157 g/mol. The van der Waals surface area contributed by atoms with E-state index in [1.165, 1.54) is 0 Å². The fourth-order valence-electron chi connectivity index (χ4n) is 0.275. The summed E-state index contributed by atoms with van der Waals surface area (Å²) in [5.41, 5.74) is 0. The van der Waals surface area contributed by atoms with Crippen molar-refractivity contribution in [3.63, 3.8) is 0 Å². The second-order valence-electron chi connectivity index (χ2n) is 1.33. The predicted molar refractivity (Wildman–Crippen MR) is 29.1 cm³/mol. The minimum atomic E-state index is -2.66. The number of hydrogen-bond donors (Lipinski definition) is 0. The fraction of sp³-hybridized carbons (Fsp3) is 0.600. The molecule has 0 aliphatic rings. The van der Waals surface area contributed by atoms with Crippen LogP contribution in [0.2, 0.25) is 0 Å². The van der Waals surface area contributed by atoms with Crippen molar-refractivity contribution in [2.24, 2.45) is 0 Å². The van der Waals surface area contributed by atoms with Gasteiger partial charge in [-0.2, -0.15) is 0 Å². The van der Waals surface area contributed by atoms with Gasteiger partial charge in [-0.1, -0.05) is 0 Å². The monoisotopic (exact) mass is 156 g/mol. The van der Waals surface area contributed by atoms with E-state index in [1.807, 2.05) is 0 Å². The molecule has 0 saturated carbocycles. The Kier molecular flexibility index (Phi) is 4.33. The lowest BCUT2D eigenvalue weighted by atomic mass is 10.3. The molecule has 0 heterocycles. The van der Waals surface area contributed by atoms with E-state index >= 15 is 0 Å². The summed E-state index contributed by atoms with van der Waals surface area (Å²) in [5.74, 6) is 1.75. The van der Waals surface area contributed by atoms with Gasteiger partial charge >= 0.3 is 0 Å². The number of hydrogen-bond acceptors (Lipinski definition) is 0. The highest BCUT2D eigenvalue weighted by molar-refractivity contribution is 6.30. The molecule has 52 valence electrons. The van der Waals surface area contributed by atoms with Gasteiger partial charge in [0.05, 0.1) is 6.42 Å². The fourth-order valence-corrected chi connectivity index (χ4v) is 0.393. The van der Waals surface area contributed by atoms with Gasteiger partial charge in [-0.3, -0.25) is 0 Å². The van der Waals surface area contributed by atoms with Crippen molar-refractivity contribution < 1.29 is 13.2 Å². The zero-order chi connectivity index (χ0) is 7.28. The van der Waals surface area contributed by atoms with E-state index in [0.29, 0.717) is 0 Å². The summed E-state index contributed by atoms with van der Waals surface area (Å²) in [6, 6.07) is 0. The Balaban J connectivity index is 3.46. The first kappa shape index (κ1) is 8.64. The van der Waals surface area contributed by atoms with Gasteiger partial charge in [0.1, 0.15) is 0 Å². The van der Waals surface area contributed by atoms with Gasteiger partial charge in [-0.15, -0.1) is 0 Å². The summed E-state index contributed by atoms with van der Waals surface area (Å²) in [6.07, 6.45) is -5.32. The van der Waals surface area contributed by atoms with Crippen molar-refractivity contribution in [1.29, 1.82) is 0 Å². The van der Waals surface area contributed by atoms with Crippen LogP contribution in [0.25, 0.3) is 0 Å². The SMILES string of the molecule is FC(F)CC(F)C#CCl. The lowest BCUT2D eigenvalue weighted by molar-refractivity contribution is 0.114. The molecule has 0 aromatic heterocycles. The molecule has 0 nitrogen and oxygen atoms in total. The maximum atomic E-state index is 11.9. The Labute approximate surface area is 56.0 Å². The molecule has 4 heteroatoms. The molecule has 1 unspecified atom stereocenters. The van der Waals surface area contributed by atoms with Crippen molar-refractivity contribution in [1.82, 2.24) is 0 Å². The first-order valence-corrected chi connectivity index (χ1v) is 2.58. The van der Waals surface area contributed by atoms with Crippen molar-refractivity contribution in [2.45, 2.75) is 19.0 Å². The summed E-state index contributed by atoms with van der Waals surface area (Å²) in [7, 11) is 0. The van der Waals surface area contributed by atoms with Gasteiger partial charge < -0.3 is 0 Å². The van der Waals surface area contributed by atoms with Crippen LogP contribution in [0.5, 0.6) is 0 Å². The molecule has 0 aromatic rings. The first-order chi connectivity index (χ1) is 4.16. The van der Waals surface area contributed by atoms with Gasteiger partial charge in [0.2, 0.25) is 6.43 Å². The zero-order valence-corrected chi connectivity index (χ0v) is 5.13. The maximum Gasteiger partial charge on any atom is 0.242 e. The second kappa shape index (κ2) is 4.51. The normalized spacial score (nSPS) is 12.6. The summed E-state index contributed by atoms with van der Waals surface area (Å²) in [4.78, 5) is 0. The smallest absolute Gasteiger partial charge is 0.233 e. The summed E-state index contributed by atoms with van der Waals surface area (Å²) >= 11 is 4.73. The predicted octanol–water partition coefficient (Wildman–Crippen LogP) is 2.18. The Bertz CT molecular complexity index is 124. The highest BCUT2D eigenvalue weighted by Crippen LogP contribution is 2.05. The molecule has 0 fully saturated rings. The molecule has 0 aliphatic heterocycles. The minimum Gasteiger partial charge on any atom is -0.233 e. The molecule has 0 spiro atoms. The Morgan fingerprint density at radius 1 is 1.33 bits per heavy atom. The standard InChI is InChI=1S/C5H4ClF3/c6-2-1-4(7)3-5(8)9/h4-5H,3H2. The van der Waals surface area contributed by atoms with E-state index in [4.69, 9.17) is 11.6 Å². The Morgan fingerprint density at radius 3 is 2.22 bits per heavy atom. The molecule has 0 aliphatic carbocycles. The number of halogens is 4. The van der Waals surface area contributed by atoms with Crippen molar-refractivity contribution in [3.8, 4) is 11.3 Å². The molecular formula is C5H4ClF3. The van der Waals surface area contributed by atoms with E-state index < -0.39 is 19.0 Å². The van der Waals surface area contributed by atoms with Crippen molar-refractivity contribution in [2.75, 3.05) is 0 Å². The number of alkyl halides is 3. The lowest BCUT2D eigenvalue weighted by Crippen LogP contribution is -2.02. The average Bonchev–Trinajstić information content (AvgIpc) is 1.63.